The largest absolute Gasteiger partial charge is 0.294 e. The monoisotopic (exact) mass is 480 g/mol. The van der Waals surface area contributed by atoms with E-state index in [1.165, 1.54) is 32.3 Å². The number of hydrogen-bond acceptors (Lipinski definition) is 1. The fourth-order valence-electron chi connectivity index (χ4n) is 3.67. The maximum Gasteiger partial charge on any atom is 0.163 e. The molecule has 0 atom stereocenters. The number of Topliss-reactive ketones (excluding diaryl/α,β-unsaturated/α-hetero) is 1. The number of rotatable bonds is 1. The maximum atomic E-state index is 11.2. The van der Waals surface area contributed by atoms with Gasteiger partial charge in [0.1, 0.15) is 0 Å². The molecule has 0 N–H and O–H groups in total. The Kier molecular flexibility index (Phi) is 5.42. The van der Waals surface area contributed by atoms with Crippen LogP contribution in [0.25, 0.3) is 5.57 Å². The van der Waals surface area contributed by atoms with Gasteiger partial charge in [-0.05, 0) is 52.8 Å². The Balaban J connectivity index is 0.000000143. The number of fused-ring (bicyclic) bond motifs is 2. The smallest absolute Gasteiger partial charge is 0.163 e. The average molecular weight is 482 g/mol. The first-order valence-electron chi connectivity index (χ1n) is 8.99. The molecule has 5 rings (SSSR count). The van der Waals surface area contributed by atoms with Crippen LogP contribution < -0.4 is 0 Å². The van der Waals surface area contributed by atoms with Gasteiger partial charge >= 0.3 is 0 Å². The van der Waals surface area contributed by atoms with E-state index < -0.39 is 0 Å². The van der Waals surface area contributed by atoms with Crippen LogP contribution in [-0.4, -0.2) is 5.78 Å². The number of allylic oxidation sites excluding steroid dienone is 1. The quantitative estimate of drug-likeness (QED) is 0.365. The molecule has 134 valence electrons. The van der Waals surface area contributed by atoms with Gasteiger partial charge in [0, 0.05) is 20.9 Å². The second-order valence-electron chi connectivity index (χ2n) is 6.64. The van der Waals surface area contributed by atoms with Crippen molar-refractivity contribution >= 4 is 43.2 Å². The molecule has 2 aliphatic rings. The van der Waals surface area contributed by atoms with Gasteiger partial charge in [0.2, 0.25) is 0 Å². The number of halogens is 2. The van der Waals surface area contributed by atoms with Crippen LogP contribution in [0.3, 0.4) is 0 Å². The lowest BCUT2D eigenvalue weighted by atomic mass is 9.99. The molecular formula is C24H18Br2O. The second-order valence-corrected chi connectivity index (χ2v) is 8.35. The van der Waals surface area contributed by atoms with Crippen LogP contribution in [0.4, 0.5) is 0 Å². The van der Waals surface area contributed by atoms with Crippen LogP contribution in [0.5, 0.6) is 0 Å². The van der Waals surface area contributed by atoms with Crippen molar-refractivity contribution in [1.29, 1.82) is 0 Å². The molecule has 27 heavy (non-hydrogen) atoms. The van der Waals surface area contributed by atoms with Gasteiger partial charge in [0.25, 0.3) is 0 Å². The molecule has 1 nitrogen and oxygen atoms in total. The summed E-state index contributed by atoms with van der Waals surface area (Å²) in [6.07, 6.45) is 4.92. The van der Waals surface area contributed by atoms with Crippen molar-refractivity contribution in [3.05, 3.63) is 110 Å². The Morgan fingerprint density at radius 3 is 2.04 bits per heavy atom. The van der Waals surface area contributed by atoms with Gasteiger partial charge in [0.05, 0.1) is 0 Å². The van der Waals surface area contributed by atoms with Gasteiger partial charge < -0.3 is 0 Å². The summed E-state index contributed by atoms with van der Waals surface area (Å²) in [4.78, 5) is 11.2. The molecule has 0 saturated carbocycles. The average Bonchev–Trinajstić information content (AvgIpc) is 3.29. The Morgan fingerprint density at radius 2 is 1.33 bits per heavy atom. The van der Waals surface area contributed by atoms with E-state index in [4.69, 9.17) is 0 Å². The highest BCUT2D eigenvalue weighted by Crippen LogP contribution is 2.36. The Morgan fingerprint density at radius 1 is 0.667 bits per heavy atom. The Hall–Kier alpha value is -1.97. The van der Waals surface area contributed by atoms with Crippen molar-refractivity contribution in [1.82, 2.24) is 0 Å². The minimum Gasteiger partial charge on any atom is -0.294 e. The lowest BCUT2D eigenvalue weighted by Crippen LogP contribution is -1.89. The summed E-state index contributed by atoms with van der Waals surface area (Å²) in [5.74, 6) is 0.279. The van der Waals surface area contributed by atoms with E-state index in [0.29, 0.717) is 6.42 Å². The van der Waals surface area contributed by atoms with Gasteiger partial charge in [-0.25, -0.2) is 0 Å². The van der Waals surface area contributed by atoms with E-state index >= 15 is 0 Å². The summed E-state index contributed by atoms with van der Waals surface area (Å²) >= 11 is 7.04. The van der Waals surface area contributed by atoms with E-state index in [1.54, 1.807) is 0 Å². The number of carbonyl (C=O) groups excluding carboxylic acids is 1. The van der Waals surface area contributed by atoms with Crippen molar-refractivity contribution in [2.45, 2.75) is 19.3 Å². The molecule has 0 heterocycles. The summed E-state index contributed by atoms with van der Waals surface area (Å²) in [5, 5.41) is 0. The van der Waals surface area contributed by atoms with Crippen molar-refractivity contribution in [3.8, 4) is 0 Å². The highest BCUT2D eigenvalue weighted by Gasteiger charge is 2.20. The van der Waals surface area contributed by atoms with Gasteiger partial charge in [0.15, 0.2) is 5.78 Å². The first-order chi connectivity index (χ1) is 13.1. The zero-order valence-electron chi connectivity index (χ0n) is 14.7. The summed E-state index contributed by atoms with van der Waals surface area (Å²) < 4.78 is 2.29. The van der Waals surface area contributed by atoms with Gasteiger partial charge in [-0.1, -0.05) is 92.5 Å². The highest BCUT2D eigenvalue weighted by atomic mass is 79.9. The third-order valence-corrected chi connectivity index (χ3v) is 6.51. The molecule has 0 fully saturated rings. The molecule has 0 amide bonds. The third kappa shape index (κ3) is 3.71. The van der Waals surface area contributed by atoms with Crippen LogP contribution in [0.2, 0.25) is 0 Å². The molecule has 0 spiro atoms. The molecule has 0 bridgehead atoms. The number of hydrogen-bond donors (Lipinski definition) is 0. The lowest BCUT2D eigenvalue weighted by molar-refractivity contribution is 0.0994. The van der Waals surface area contributed by atoms with Crippen molar-refractivity contribution in [2.24, 2.45) is 0 Å². The fourth-order valence-corrected chi connectivity index (χ4v) is 4.76. The van der Waals surface area contributed by atoms with Crippen molar-refractivity contribution in [3.63, 3.8) is 0 Å². The molecule has 3 aromatic rings. The predicted molar refractivity (Wildman–Crippen MR) is 118 cm³/mol. The van der Waals surface area contributed by atoms with Gasteiger partial charge in [-0.3, -0.25) is 4.79 Å². The second kappa shape index (κ2) is 7.95. The van der Waals surface area contributed by atoms with E-state index in [-0.39, 0.29) is 5.78 Å². The molecule has 0 aromatic heterocycles. The van der Waals surface area contributed by atoms with Crippen LogP contribution in [-0.2, 0) is 12.8 Å². The zero-order chi connectivity index (χ0) is 18.8. The van der Waals surface area contributed by atoms with Crippen LogP contribution in [0, 0.1) is 0 Å². The van der Waals surface area contributed by atoms with E-state index in [9.17, 15) is 4.79 Å². The molecular weight excluding hydrogens is 464 g/mol. The fraction of sp³-hybridized carbons (Fsp3) is 0.125. The van der Waals surface area contributed by atoms with Crippen LogP contribution >= 0.6 is 31.9 Å². The van der Waals surface area contributed by atoms with Crippen LogP contribution in [0.15, 0.2) is 81.8 Å². The summed E-state index contributed by atoms with van der Waals surface area (Å²) in [6, 6.07) is 22.8. The molecule has 3 heteroatoms. The normalized spacial score (nSPS) is 14.1. The Labute approximate surface area is 176 Å². The summed E-state index contributed by atoms with van der Waals surface area (Å²) in [7, 11) is 0. The molecule has 3 aromatic carbocycles. The summed E-state index contributed by atoms with van der Waals surface area (Å²) in [5.41, 5.74) is 7.51. The topological polar surface area (TPSA) is 17.1 Å². The SMILES string of the molecule is Brc1cccc2c1CC=C2c1ccccc1.O=C1CCc2c(Br)cccc21. The van der Waals surface area contributed by atoms with Crippen LogP contribution in [0.1, 0.15) is 39.0 Å². The molecule has 0 unspecified atom stereocenters. The maximum absolute atomic E-state index is 11.2. The minimum absolute atomic E-state index is 0.279. The highest BCUT2D eigenvalue weighted by molar-refractivity contribution is 9.10. The standard InChI is InChI=1S/C15H11Br.C9H7BrO/c16-15-8-4-7-13-12(9-10-14(13)15)11-5-2-1-3-6-11;10-8-3-1-2-7-6(8)4-5-9(7)11/h1-9H,10H2;1-3H,4-5H2. The third-order valence-electron chi connectivity index (χ3n) is 5.03. The predicted octanol–water partition coefficient (Wildman–Crippen LogP) is 7.01. The minimum atomic E-state index is 0.279. The molecule has 0 aliphatic heterocycles. The van der Waals surface area contributed by atoms with Crippen molar-refractivity contribution < 1.29 is 4.79 Å². The summed E-state index contributed by atoms with van der Waals surface area (Å²) in [6.45, 7) is 0. The Bertz CT molecular complexity index is 1040. The number of carbonyl (C=O) groups is 1. The first kappa shape index (κ1) is 18.4. The van der Waals surface area contributed by atoms with E-state index in [1.807, 2.05) is 18.2 Å². The molecule has 0 radical (unpaired) electrons. The number of benzene rings is 3. The molecule has 2 aliphatic carbocycles. The van der Waals surface area contributed by atoms with E-state index in [2.05, 4.69) is 86.5 Å². The van der Waals surface area contributed by atoms with Gasteiger partial charge in [-0.2, -0.15) is 0 Å². The number of ketones is 1. The lowest BCUT2D eigenvalue weighted by Gasteiger charge is -2.07. The molecule has 0 saturated heterocycles. The van der Waals surface area contributed by atoms with E-state index in [0.717, 1.165) is 22.9 Å². The van der Waals surface area contributed by atoms with Crippen molar-refractivity contribution in [2.75, 3.05) is 0 Å². The zero-order valence-corrected chi connectivity index (χ0v) is 17.9. The first-order valence-corrected chi connectivity index (χ1v) is 10.6. The van der Waals surface area contributed by atoms with Gasteiger partial charge in [-0.15, -0.1) is 0 Å².